The van der Waals surface area contributed by atoms with Crippen molar-refractivity contribution in [2.24, 2.45) is 39.9 Å². The van der Waals surface area contributed by atoms with Crippen molar-refractivity contribution in [3.05, 3.63) is 0 Å². The Kier molecular flexibility index (Phi) is 4.10. The van der Waals surface area contributed by atoms with Crippen LogP contribution in [-0.2, 0) is 9.53 Å². The van der Waals surface area contributed by atoms with Crippen LogP contribution in [0.3, 0.4) is 0 Å². The molecule has 0 aromatic carbocycles. The van der Waals surface area contributed by atoms with Gasteiger partial charge in [0.1, 0.15) is 6.10 Å². The first-order valence-corrected chi connectivity index (χ1v) is 10.9. The monoisotopic (exact) mass is 346 g/mol. The number of carbonyl (C=O) groups is 1. The molecule has 4 fully saturated rings. The van der Waals surface area contributed by atoms with Crippen LogP contribution in [0.15, 0.2) is 0 Å². The fraction of sp³-hybridized carbons (Fsp3) is 0.957. The van der Waals surface area contributed by atoms with Crippen LogP contribution in [0.1, 0.15) is 92.4 Å². The lowest BCUT2D eigenvalue weighted by Crippen LogP contribution is -2.59. The molecule has 4 saturated carbocycles. The molecule has 0 aromatic rings. The zero-order valence-electron chi connectivity index (χ0n) is 17.1. The minimum Gasteiger partial charge on any atom is -0.462 e. The van der Waals surface area contributed by atoms with Gasteiger partial charge in [0.05, 0.1) is 0 Å². The second-order valence-electron chi connectivity index (χ2n) is 11.1. The fourth-order valence-electron chi connectivity index (χ4n) is 8.48. The van der Waals surface area contributed by atoms with Crippen LogP contribution in [0, 0.1) is 39.9 Å². The normalized spacial score (nSPS) is 51.2. The second kappa shape index (κ2) is 5.73. The Labute approximate surface area is 154 Å². The summed E-state index contributed by atoms with van der Waals surface area (Å²) in [6.07, 6.45) is 12.5. The molecule has 2 heteroatoms. The molecular formula is C23H38O2. The molecule has 0 bridgehead atoms. The lowest BCUT2D eigenvalue weighted by atomic mass is 9.41. The highest BCUT2D eigenvalue weighted by Gasteiger charge is 2.62. The van der Waals surface area contributed by atoms with Crippen molar-refractivity contribution in [3.63, 3.8) is 0 Å². The van der Waals surface area contributed by atoms with Crippen molar-refractivity contribution < 1.29 is 9.53 Å². The van der Waals surface area contributed by atoms with Crippen molar-refractivity contribution in [2.75, 3.05) is 0 Å². The first-order chi connectivity index (χ1) is 11.7. The molecule has 0 amide bonds. The van der Waals surface area contributed by atoms with E-state index in [4.69, 9.17) is 4.74 Å². The number of fused-ring (bicyclic) bond motifs is 5. The summed E-state index contributed by atoms with van der Waals surface area (Å²) in [4.78, 5) is 11.6. The van der Waals surface area contributed by atoms with Crippen molar-refractivity contribution in [1.29, 1.82) is 0 Å². The third-order valence-electron chi connectivity index (χ3n) is 9.63. The van der Waals surface area contributed by atoms with E-state index in [9.17, 15) is 4.79 Å². The number of esters is 1. The smallest absolute Gasteiger partial charge is 0.302 e. The molecule has 142 valence electrons. The van der Waals surface area contributed by atoms with Gasteiger partial charge in [-0.15, -0.1) is 0 Å². The quantitative estimate of drug-likeness (QED) is 0.545. The maximum atomic E-state index is 11.6. The maximum Gasteiger partial charge on any atom is 0.302 e. The first kappa shape index (κ1) is 17.9. The number of rotatable bonds is 1. The van der Waals surface area contributed by atoms with Crippen molar-refractivity contribution >= 4 is 5.97 Å². The summed E-state index contributed by atoms with van der Waals surface area (Å²) in [6, 6.07) is 0. The van der Waals surface area contributed by atoms with Crippen molar-refractivity contribution in [3.8, 4) is 0 Å². The molecule has 0 heterocycles. The predicted molar refractivity (Wildman–Crippen MR) is 101 cm³/mol. The Bertz CT molecular complexity index is 552. The molecule has 0 radical (unpaired) electrons. The summed E-state index contributed by atoms with van der Waals surface area (Å²) in [5, 5.41) is 0. The van der Waals surface area contributed by atoms with Gasteiger partial charge in [-0.2, -0.15) is 0 Å². The summed E-state index contributed by atoms with van der Waals surface area (Å²) in [5.74, 6) is 3.45. The molecule has 0 aliphatic heterocycles. The Morgan fingerprint density at radius 1 is 0.880 bits per heavy atom. The van der Waals surface area contributed by atoms with Gasteiger partial charge in [0.2, 0.25) is 0 Å². The summed E-state index contributed by atoms with van der Waals surface area (Å²) in [7, 11) is 0. The Morgan fingerprint density at radius 3 is 2.36 bits per heavy atom. The van der Waals surface area contributed by atoms with Gasteiger partial charge in [0, 0.05) is 12.3 Å². The zero-order valence-corrected chi connectivity index (χ0v) is 17.1. The minimum atomic E-state index is -0.102. The molecule has 4 aliphatic rings. The summed E-state index contributed by atoms with van der Waals surface area (Å²) < 4.78 is 5.78. The largest absolute Gasteiger partial charge is 0.462 e. The van der Waals surface area contributed by atoms with Crippen LogP contribution in [0.2, 0.25) is 0 Å². The van der Waals surface area contributed by atoms with Gasteiger partial charge >= 0.3 is 5.97 Å². The summed E-state index contributed by atoms with van der Waals surface area (Å²) in [6.45, 7) is 11.5. The van der Waals surface area contributed by atoms with Crippen LogP contribution in [0.25, 0.3) is 0 Å². The van der Waals surface area contributed by atoms with E-state index in [0.29, 0.717) is 16.7 Å². The third kappa shape index (κ3) is 2.52. The second-order valence-corrected chi connectivity index (χ2v) is 11.1. The number of hydrogen-bond acceptors (Lipinski definition) is 2. The van der Waals surface area contributed by atoms with Crippen LogP contribution in [0.5, 0.6) is 0 Å². The van der Waals surface area contributed by atoms with E-state index in [2.05, 4.69) is 27.7 Å². The summed E-state index contributed by atoms with van der Waals surface area (Å²) >= 11 is 0. The Morgan fingerprint density at radius 2 is 1.64 bits per heavy atom. The van der Waals surface area contributed by atoms with E-state index in [-0.39, 0.29) is 17.5 Å². The molecule has 4 aliphatic carbocycles. The number of hydrogen-bond donors (Lipinski definition) is 0. The average molecular weight is 347 g/mol. The average Bonchev–Trinajstić information content (AvgIpc) is 2.92. The lowest BCUT2D eigenvalue weighted by molar-refractivity contribution is -0.193. The molecule has 0 N–H and O–H groups in total. The van der Waals surface area contributed by atoms with E-state index in [1.165, 1.54) is 51.4 Å². The van der Waals surface area contributed by atoms with Crippen LogP contribution >= 0.6 is 0 Å². The van der Waals surface area contributed by atoms with E-state index >= 15 is 0 Å². The van der Waals surface area contributed by atoms with Gasteiger partial charge in [0.15, 0.2) is 0 Å². The third-order valence-corrected chi connectivity index (χ3v) is 9.63. The first-order valence-electron chi connectivity index (χ1n) is 10.9. The lowest BCUT2D eigenvalue weighted by Gasteiger charge is -2.64. The Hall–Kier alpha value is -0.530. The zero-order chi connectivity index (χ0) is 18.0. The molecule has 0 aromatic heterocycles. The summed E-state index contributed by atoms with van der Waals surface area (Å²) in [5.41, 5.74) is 1.21. The van der Waals surface area contributed by atoms with Gasteiger partial charge in [-0.25, -0.2) is 0 Å². The van der Waals surface area contributed by atoms with Gasteiger partial charge in [0.25, 0.3) is 0 Å². The van der Waals surface area contributed by atoms with E-state index < -0.39 is 0 Å². The number of ether oxygens (including phenoxy) is 1. The SMILES string of the molecule is CC(=O)OC1CC[C@@]2(C)C(CC[C@H]3[C@@H]4CCC[C@@]4(C)CC[C@@H]32)C1(C)C. The Balaban J connectivity index is 1.62. The highest BCUT2D eigenvalue weighted by Crippen LogP contribution is 2.68. The maximum absolute atomic E-state index is 11.6. The van der Waals surface area contributed by atoms with E-state index in [0.717, 1.165) is 24.2 Å². The van der Waals surface area contributed by atoms with Crippen molar-refractivity contribution in [1.82, 2.24) is 0 Å². The van der Waals surface area contributed by atoms with Crippen LogP contribution in [-0.4, -0.2) is 12.1 Å². The minimum absolute atomic E-state index is 0.102. The molecule has 4 rings (SSSR count). The predicted octanol–water partition coefficient (Wildman–Crippen LogP) is 5.99. The molecule has 2 unspecified atom stereocenters. The van der Waals surface area contributed by atoms with Crippen LogP contribution in [0.4, 0.5) is 0 Å². The molecule has 7 atom stereocenters. The van der Waals surface area contributed by atoms with E-state index in [1.807, 2.05) is 0 Å². The van der Waals surface area contributed by atoms with E-state index in [1.54, 1.807) is 6.92 Å². The van der Waals surface area contributed by atoms with Gasteiger partial charge < -0.3 is 4.74 Å². The highest BCUT2D eigenvalue weighted by molar-refractivity contribution is 5.66. The molecule has 0 spiro atoms. The van der Waals surface area contributed by atoms with Crippen LogP contribution < -0.4 is 0 Å². The highest BCUT2D eigenvalue weighted by atomic mass is 16.5. The molecule has 0 saturated heterocycles. The standard InChI is InChI=1S/C23H38O2/c1-15(24)25-20-11-14-23(5)18-10-13-22(4)12-6-7-17(22)16(18)8-9-19(23)21(20,2)3/h16-20H,6-14H2,1-5H3/t16-,17-,18-,19?,20?,22-,23+/m0/s1. The topological polar surface area (TPSA) is 26.3 Å². The van der Waals surface area contributed by atoms with Gasteiger partial charge in [-0.1, -0.05) is 34.1 Å². The molecular weight excluding hydrogens is 308 g/mol. The molecule has 2 nitrogen and oxygen atoms in total. The van der Waals surface area contributed by atoms with Gasteiger partial charge in [-0.3, -0.25) is 4.79 Å². The van der Waals surface area contributed by atoms with Gasteiger partial charge in [-0.05, 0) is 85.9 Å². The number of carbonyl (C=O) groups excluding carboxylic acids is 1. The van der Waals surface area contributed by atoms with Crippen molar-refractivity contribution in [2.45, 2.75) is 98.5 Å². The fourth-order valence-corrected chi connectivity index (χ4v) is 8.48. The molecule has 25 heavy (non-hydrogen) atoms.